The Kier molecular flexibility index (Phi) is 6.15. The largest absolute Gasteiger partial charge is 0.366 e. The molecule has 0 aromatic rings. The average molecular weight is 200 g/mol. The van der Waals surface area contributed by atoms with Crippen LogP contribution in [0, 0.1) is 0 Å². The third kappa shape index (κ3) is 3.95. The van der Waals surface area contributed by atoms with Gasteiger partial charge in [0.15, 0.2) is 0 Å². The van der Waals surface area contributed by atoms with Crippen molar-refractivity contribution in [3.05, 3.63) is 0 Å². The minimum Gasteiger partial charge on any atom is -0.366 e. The van der Waals surface area contributed by atoms with Crippen LogP contribution in [0.5, 0.6) is 0 Å². The van der Waals surface area contributed by atoms with Crippen LogP contribution in [0.3, 0.4) is 0 Å². The van der Waals surface area contributed by atoms with E-state index >= 15 is 0 Å². The summed E-state index contributed by atoms with van der Waals surface area (Å²) in [5.41, 5.74) is 0. The van der Waals surface area contributed by atoms with Crippen LogP contribution < -0.4 is 5.32 Å². The summed E-state index contributed by atoms with van der Waals surface area (Å²) in [6, 6.07) is 0.690. The molecule has 1 fully saturated rings. The van der Waals surface area contributed by atoms with Crippen LogP contribution in [0.4, 0.5) is 0 Å². The molecule has 0 aromatic carbocycles. The van der Waals surface area contributed by atoms with Crippen LogP contribution in [0.2, 0.25) is 0 Å². The number of rotatable bonds is 6. The van der Waals surface area contributed by atoms with E-state index in [9.17, 15) is 0 Å². The minimum atomic E-state index is 0.690. The Balaban J connectivity index is 2.26. The Hall–Kier alpha value is -0.120. The van der Waals surface area contributed by atoms with E-state index in [2.05, 4.69) is 24.1 Å². The fourth-order valence-corrected chi connectivity index (χ4v) is 1.98. The van der Waals surface area contributed by atoms with Gasteiger partial charge in [0.25, 0.3) is 0 Å². The van der Waals surface area contributed by atoms with Gasteiger partial charge in [0, 0.05) is 25.7 Å². The van der Waals surface area contributed by atoms with Crippen molar-refractivity contribution in [3.8, 4) is 0 Å². The number of piperidine rings is 1. The number of likely N-dealkylation sites (N-methyl/N-ethyl adjacent to an activating group) is 1. The van der Waals surface area contributed by atoms with E-state index in [1.165, 1.54) is 25.8 Å². The molecule has 0 bridgehead atoms. The Morgan fingerprint density at radius 2 is 2.21 bits per heavy atom. The maximum absolute atomic E-state index is 5.48. The monoisotopic (exact) mass is 200 g/mol. The Bertz CT molecular complexity index is 125. The molecule has 1 aliphatic rings. The molecule has 0 aliphatic carbocycles. The third-order valence-electron chi connectivity index (χ3n) is 2.84. The van der Waals surface area contributed by atoms with Gasteiger partial charge < -0.3 is 10.1 Å². The number of hydrogen-bond acceptors (Lipinski definition) is 3. The molecule has 0 amide bonds. The van der Waals surface area contributed by atoms with Gasteiger partial charge in [-0.15, -0.1) is 0 Å². The van der Waals surface area contributed by atoms with Crippen molar-refractivity contribution in [2.45, 2.75) is 39.2 Å². The fourth-order valence-electron chi connectivity index (χ4n) is 1.98. The second kappa shape index (κ2) is 7.21. The van der Waals surface area contributed by atoms with Gasteiger partial charge in [0.05, 0.1) is 6.73 Å². The van der Waals surface area contributed by atoms with Crippen LogP contribution in [0.25, 0.3) is 0 Å². The predicted molar refractivity (Wildman–Crippen MR) is 59.4 cm³/mol. The molecule has 0 saturated carbocycles. The number of nitrogens with zero attached hydrogens (tertiary/aromatic N) is 1. The molecule has 1 atom stereocenters. The van der Waals surface area contributed by atoms with Crippen LogP contribution in [0.1, 0.15) is 33.1 Å². The summed E-state index contributed by atoms with van der Waals surface area (Å²) in [6.45, 7) is 9.24. The molecule has 1 rings (SSSR count). The molecule has 3 nitrogen and oxygen atoms in total. The molecular formula is C11H24N2O. The molecule has 1 N–H and O–H groups in total. The zero-order valence-electron chi connectivity index (χ0n) is 9.59. The van der Waals surface area contributed by atoms with Crippen molar-refractivity contribution < 1.29 is 4.74 Å². The molecule has 1 saturated heterocycles. The second-order valence-corrected chi connectivity index (χ2v) is 3.89. The van der Waals surface area contributed by atoms with Gasteiger partial charge in [-0.25, -0.2) is 0 Å². The molecule has 0 spiro atoms. The first kappa shape index (κ1) is 12.0. The number of ether oxygens (including phenoxy) is 1. The SMILES string of the molecule is CCNCC1CCCCN1COCC. The van der Waals surface area contributed by atoms with E-state index in [0.717, 1.165) is 26.4 Å². The quantitative estimate of drug-likeness (QED) is 0.702. The highest BCUT2D eigenvalue weighted by Gasteiger charge is 2.21. The van der Waals surface area contributed by atoms with Crippen molar-refractivity contribution in [1.82, 2.24) is 10.2 Å². The lowest BCUT2D eigenvalue weighted by Gasteiger charge is -2.35. The van der Waals surface area contributed by atoms with Gasteiger partial charge in [0.2, 0.25) is 0 Å². The van der Waals surface area contributed by atoms with Crippen LogP contribution >= 0.6 is 0 Å². The smallest absolute Gasteiger partial charge is 0.0992 e. The topological polar surface area (TPSA) is 24.5 Å². The fraction of sp³-hybridized carbons (Fsp3) is 1.00. The van der Waals surface area contributed by atoms with E-state index in [-0.39, 0.29) is 0 Å². The molecule has 1 unspecified atom stereocenters. The molecule has 0 radical (unpaired) electrons. The second-order valence-electron chi connectivity index (χ2n) is 3.89. The lowest BCUT2D eigenvalue weighted by atomic mass is 10.0. The van der Waals surface area contributed by atoms with Gasteiger partial charge >= 0.3 is 0 Å². The van der Waals surface area contributed by atoms with Crippen molar-refractivity contribution in [2.24, 2.45) is 0 Å². The summed E-state index contributed by atoms with van der Waals surface area (Å²) in [5.74, 6) is 0. The van der Waals surface area contributed by atoms with Crippen molar-refractivity contribution in [3.63, 3.8) is 0 Å². The standard InChI is InChI=1S/C11H24N2O/c1-3-12-9-11-7-5-6-8-13(11)10-14-4-2/h11-12H,3-10H2,1-2H3. The molecule has 14 heavy (non-hydrogen) atoms. The average Bonchev–Trinajstić information content (AvgIpc) is 2.24. The van der Waals surface area contributed by atoms with Crippen LogP contribution in [-0.2, 0) is 4.74 Å². The molecule has 0 aromatic heterocycles. The van der Waals surface area contributed by atoms with Crippen molar-refractivity contribution >= 4 is 0 Å². The number of likely N-dealkylation sites (tertiary alicyclic amines) is 1. The molecule has 1 aliphatic heterocycles. The zero-order chi connectivity index (χ0) is 10.2. The molecular weight excluding hydrogens is 176 g/mol. The summed E-state index contributed by atoms with van der Waals surface area (Å²) in [6.07, 6.45) is 4.02. The summed E-state index contributed by atoms with van der Waals surface area (Å²) < 4.78 is 5.48. The Labute approximate surface area is 87.8 Å². The molecule has 3 heteroatoms. The third-order valence-corrected chi connectivity index (χ3v) is 2.84. The maximum atomic E-state index is 5.48. The number of hydrogen-bond donors (Lipinski definition) is 1. The van der Waals surface area contributed by atoms with E-state index in [1.807, 2.05) is 0 Å². The highest BCUT2D eigenvalue weighted by atomic mass is 16.5. The van der Waals surface area contributed by atoms with Crippen LogP contribution in [-0.4, -0.2) is 43.9 Å². The first-order chi connectivity index (χ1) is 6.88. The minimum absolute atomic E-state index is 0.690. The van der Waals surface area contributed by atoms with E-state index in [4.69, 9.17) is 4.74 Å². The first-order valence-corrected chi connectivity index (χ1v) is 5.91. The summed E-state index contributed by atoms with van der Waals surface area (Å²) in [7, 11) is 0. The lowest BCUT2D eigenvalue weighted by Crippen LogP contribution is -2.46. The van der Waals surface area contributed by atoms with E-state index in [1.54, 1.807) is 0 Å². The molecule has 84 valence electrons. The summed E-state index contributed by atoms with van der Waals surface area (Å²) >= 11 is 0. The van der Waals surface area contributed by atoms with Gasteiger partial charge in [-0.3, -0.25) is 4.90 Å². The summed E-state index contributed by atoms with van der Waals surface area (Å²) in [4.78, 5) is 2.47. The van der Waals surface area contributed by atoms with Crippen molar-refractivity contribution in [1.29, 1.82) is 0 Å². The number of nitrogens with one attached hydrogen (secondary N) is 1. The van der Waals surface area contributed by atoms with E-state index in [0.29, 0.717) is 6.04 Å². The zero-order valence-corrected chi connectivity index (χ0v) is 9.59. The van der Waals surface area contributed by atoms with Crippen LogP contribution in [0.15, 0.2) is 0 Å². The van der Waals surface area contributed by atoms with Crippen molar-refractivity contribution in [2.75, 3.05) is 33.0 Å². The van der Waals surface area contributed by atoms with Gasteiger partial charge in [0.1, 0.15) is 0 Å². The lowest BCUT2D eigenvalue weighted by molar-refractivity contribution is -0.00409. The summed E-state index contributed by atoms with van der Waals surface area (Å²) in [5, 5.41) is 3.43. The van der Waals surface area contributed by atoms with Gasteiger partial charge in [-0.05, 0) is 26.3 Å². The maximum Gasteiger partial charge on any atom is 0.0992 e. The van der Waals surface area contributed by atoms with Gasteiger partial charge in [-0.1, -0.05) is 13.3 Å². The van der Waals surface area contributed by atoms with E-state index < -0.39 is 0 Å². The highest BCUT2D eigenvalue weighted by molar-refractivity contribution is 4.76. The predicted octanol–water partition coefficient (Wildman–Crippen LogP) is 1.44. The normalized spacial score (nSPS) is 24.0. The van der Waals surface area contributed by atoms with Gasteiger partial charge in [-0.2, -0.15) is 0 Å². The first-order valence-electron chi connectivity index (χ1n) is 5.91. The Morgan fingerprint density at radius 3 is 2.93 bits per heavy atom. The Morgan fingerprint density at radius 1 is 1.36 bits per heavy atom. The molecule has 1 heterocycles. The highest BCUT2D eigenvalue weighted by Crippen LogP contribution is 2.15.